The summed E-state index contributed by atoms with van der Waals surface area (Å²) in [6.45, 7) is 4.45. The highest BCUT2D eigenvalue weighted by Gasteiger charge is 2.28. The number of rotatable bonds is 4. The van der Waals surface area contributed by atoms with Crippen LogP contribution in [0.5, 0.6) is 0 Å². The Labute approximate surface area is 89.6 Å². The molecule has 15 heavy (non-hydrogen) atoms. The first-order chi connectivity index (χ1) is 6.97. The van der Waals surface area contributed by atoms with Crippen LogP contribution >= 0.6 is 0 Å². The third-order valence-electron chi connectivity index (χ3n) is 2.60. The zero-order chi connectivity index (χ0) is 11.1. The van der Waals surface area contributed by atoms with E-state index in [9.17, 15) is 0 Å². The summed E-state index contributed by atoms with van der Waals surface area (Å²) in [5.74, 6) is 1.22. The zero-order valence-corrected chi connectivity index (χ0v) is 9.53. The van der Waals surface area contributed by atoms with E-state index in [2.05, 4.69) is 22.1 Å². The summed E-state index contributed by atoms with van der Waals surface area (Å²) in [6, 6.07) is 0.700. The molecule has 1 aromatic heterocycles. The SMILES string of the molecule is CN(Cc1nc(C(C)(C)N)no1)C1CC1. The lowest BCUT2D eigenvalue weighted by Gasteiger charge is -2.12. The molecule has 1 aliphatic carbocycles. The van der Waals surface area contributed by atoms with E-state index in [-0.39, 0.29) is 0 Å². The Balaban J connectivity index is 2.00. The zero-order valence-electron chi connectivity index (χ0n) is 9.53. The molecule has 0 radical (unpaired) electrons. The van der Waals surface area contributed by atoms with Crippen LogP contribution < -0.4 is 5.73 Å². The van der Waals surface area contributed by atoms with Crippen LogP contribution in [-0.4, -0.2) is 28.1 Å². The Morgan fingerprint density at radius 3 is 2.67 bits per heavy atom. The molecule has 0 bridgehead atoms. The number of hydrogen-bond acceptors (Lipinski definition) is 5. The summed E-state index contributed by atoms with van der Waals surface area (Å²) >= 11 is 0. The van der Waals surface area contributed by atoms with Gasteiger partial charge in [0, 0.05) is 6.04 Å². The molecule has 0 aromatic carbocycles. The van der Waals surface area contributed by atoms with Crippen LogP contribution in [0, 0.1) is 0 Å². The molecule has 0 saturated heterocycles. The van der Waals surface area contributed by atoms with Crippen molar-refractivity contribution in [3.63, 3.8) is 0 Å². The Morgan fingerprint density at radius 2 is 2.20 bits per heavy atom. The van der Waals surface area contributed by atoms with Gasteiger partial charge in [-0.05, 0) is 33.7 Å². The maximum atomic E-state index is 5.87. The van der Waals surface area contributed by atoms with Crippen molar-refractivity contribution in [2.24, 2.45) is 5.73 Å². The van der Waals surface area contributed by atoms with Crippen LogP contribution in [-0.2, 0) is 12.1 Å². The summed E-state index contributed by atoms with van der Waals surface area (Å²) in [6.07, 6.45) is 2.56. The second-order valence-corrected chi connectivity index (χ2v) is 4.88. The van der Waals surface area contributed by atoms with Gasteiger partial charge in [0.25, 0.3) is 0 Å². The van der Waals surface area contributed by atoms with Gasteiger partial charge in [0.2, 0.25) is 5.89 Å². The average Bonchev–Trinajstić information content (AvgIpc) is 2.86. The lowest BCUT2D eigenvalue weighted by Crippen LogP contribution is -2.30. The van der Waals surface area contributed by atoms with Gasteiger partial charge >= 0.3 is 0 Å². The molecule has 1 saturated carbocycles. The molecule has 1 fully saturated rings. The number of nitrogens with zero attached hydrogens (tertiary/aromatic N) is 3. The first-order valence-corrected chi connectivity index (χ1v) is 5.29. The molecule has 1 aliphatic rings. The van der Waals surface area contributed by atoms with Gasteiger partial charge in [-0.25, -0.2) is 0 Å². The molecular weight excluding hydrogens is 192 g/mol. The smallest absolute Gasteiger partial charge is 0.240 e. The summed E-state index contributed by atoms with van der Waals surface area (Å²) in [5, 5.41) is 3.88. The number of aromatic nitrogens is 2. The number of hydrogen-bond donors (Lipinski definition) is 1. The van der Waals surface area contributed by atoms with E-state index in [0.717, 1.165) is 0 Å². The maximum Gasteiger partial charge on any atom is 0.240 e. The van der Waals surface area contributed by atoms with Crippen molar-refractivity contribution in [1.29, 1.82) is 0 Å². The summed E-state index contributed by atoms with van der Waals surface area (Å²) in [5.41, 5.74) is 5.35. The maximum absolute atomic E-state index is 5.87. The summed E-state index contributed by atoms with van der Waals surface area (Å²) in [7, 11) is 2.08. The van der Waals surface area contributed by atoms with Crippen LogP contribution in [0.15, 0.2) is 4.52 Å². The van der Waals surface area contributed by atoms with Crippen molar-refractivity contribution < 1.29 is 4.52 Å². The molecule has 0 amide bonds. The second kappa shape index (κ2) is 3.57. The first kappa shape index (κ1) is 10.6. The molecule has 5 heteroatoms. The van der Waals surface area contributed by atoms with Crippen LogP contribution in [0.2, 0.25) is 0 Å². The average molecular weight is 210 g/mol. The molecule has 0 unspecified atom stereocenters. The quantitative estimate of drug-likeness (QED) is 0.798. The summed E-state index contributed by atoms with van der Waals surface area (Å²) < 4.78 is 5.16. The van der Waals surface area contributed by atoms with Crippen molar-refractivity contribution in [2.75, 3.05) is 7.05 Å². The standard InChI is InChI=1S/C10H18N4O/c1-10(2,11)9-12-8(15-13-9)6-14(3)7-4-5-7/h7H,4-6,11H2,1-3H3. The molecule has 1 aromatic rings. The van der Waals surface area contributed by atoms with Crippen molar-refractivity contribution in [3.05, 3.63) is 11.7 Å². The van der Waals surface area contributed by atoms with E-state index in [4.69, 9.17) is 10.3 Å². The van der Waals surface area contributed by atoms with Gasteiger partial charge in [0.1, 0.15) is 0 Å². The van der Waals surface area contributed by atoms with E-state index in [1.54, 1.807) is 0 Å². The van der Waals surface area contributed by atoms with Crippen molar-refractivity contribution in [3.8, 4) is 0 Å². The van der Waals surface area contributed by atoms with Gasteiger partial charge in [-0.3, -0.25) is 4.90 Å². The molecule has 0 spiro atoms. The molecular formula is C10H18N4O. The van der Waals surface area contributed by atoms with E-state index in [1.165, 1.54) is 12.8 Å². The van der Waals surface area contributed by atoms with Crippen molar-refractivity contribution in [1.82, 2.24) is 15.0 Å². The van der Waals surface area contributed by atoms with Crippen molar-refractivity contribution >= 4 is 0 Å². The first-order valence-electron chi connectivity index (χ1n) is 5.29. The molecule has 84 valence electrons. The van der Waals surface area contributed by atoms with E-state index in [1.807, 2.05) is 13.8 Å². The molecule has 5 nitrogen and oxygen atoms in total. The van der Waals surface area contributed by atoms with Crippen LogP contribution in [0.3, 0.4) is 0 Å². The Kier molecular flexibility index (Phi) is 2.52. The second-order valence-electron chi connectivity index (χ2n) is 4.88. The third kappa shape index (κ3) is 2.54. The lowest BCUT2D eigenvalue weighted by molar-refractivity contribution is 0.258. The minimum Gasteiger partial charge on any atom is -0.338 e. The highest BCUT2D eigenvalue weighted by atomic mass is 16.5. The van der Waals surface area contributed by atoms with Gasteiger partial charge in [-0.15, -0.1) is 0 Å². The van der Waals surface area contributed by atoms with E-state index in [0.29, 0.717) is 24.3 Å². The monoisotopic (exact) mass is 210 g/mol. The fraction of sp³-hybridized carbons (Fsp3) is 0.800. The highest BCUT2D eigenvalue weighted by molar-refractivity contribution is 4.99. The van der Waals surface area contributed by atoms with Gasteiger partial charge in [-0.2, -0.15) is 4.98 Å². The Morgan fingerprint density at radius 1 is 1.53 bits per heavy atom. The number of nitrogens with two attached hydrogens (primary N) is 1. The van der Waals surface area contributed by atoms with Crippen LogP contribution in [0.25, 0.3) is 0 Å². The summed E-state index contributed by atoms with van der Waals surface area (Å²) in [4.78, 5) is 6.52. The fourth-order valence-electron chi connectivity index (χ4n) is 1.44. The largest absolute Gasteiger partial charge is 0.338 e. The van der Waals surface area contributed by atoms with Crippen LogP contribution in [0.1, 0.15) is 38.4 Å². The van der Waals surface area contributed by atoms with Crippen LogP contribution in [0.4, 0.5) is 0 Å². The van der Waals surface area contributed by atoms with Gasteiger partial charge in [0.05, 0.1) is 12.1 Å². The predicted octanol–water partition coefficient (Wildman–Crippen LogP) is 0.858. The third-order valence-corrected chi connectivity index (χ3v) is 2.60. The fourth-order valence-corrected chi connectivity index (χ4v) is 1.44. The predicted molar refractivity (Wildman–Crippen MR) is 56.0 cm³/mol. The van der Waals surface area contributed by atoms with Gasteiger partial charge in [-0.1, -0.05) is 5.16 Å². The topological polar surface area (TPSA) is 68.2 Å². The minimum absolute atomic E-state index is 0.528. The molecule has 2 N–H and O–H groups in total. The molecule has 1 heterocycles. The minimum atomic E-state index is -0.528. The lowest BCUT2D eigenvalue weighted by atomic mass is 10.1. The van der Waals surface area contributed by atoms with Gasteiger partial charge < -0.3 is 10.3 Å². The van der Waals surface area contributed by atoms with Crippen molar-refractivity contribution in [2.45, 2.75) is 44.8 Å². The molecule has 2 rings (SSSR count). The Bertz CT molecular complexity index is 337. The Hall–Kier alpha value is -0.940. The molecule has 0 atom stereocenters. The normalized spacial score (nSPS) is 17.4. The van der Waals surface area contributed by atoms with Gasteiger partial charge in [0.15, 0.2) is 5.82 Å². The molecule has 0 aliphatic heterocycles. The van der Waals surface area contributed by atoms with E-state index < -0.39 is 5.54 Å². The highest BCUT2D eigenvalue weighted by Crippen LogP contribution is 2.26. The van der Waals surface area contributed by atoms with E-state index >= 15 is 0 Å².